The molecule has 0 radical (unpaired) electrons. The fourth-order valence-corrected chi connectivity index (χ4v) is 2.00. The maximum absolute atomic E-state index is 5.80. The molecule has 1 aromatic heterocycles. The summed E-state index contributed by atoms with van der Waals surface area (Å²) < 4.78 is 0. The van der Waals surface area contributed by atoms with Crippen molar-refractivity contribution in [3.63, 3.8) is 0 Å². The lowest BCUT2D eigenvalue weighted by atomic mass is 10.1. The van der Waals surface area contributed by atoms with Gasteiger partial charge in [0.2, 0.25) is 5.13 Å². The molecule has 3 nitrogen and oxygen atoms in total. The van der Waals surface area contributed by atoms with Gasteiger partial charge < -0.3 is 5.73 Å². The van der Waals surface area contributed by atoms with Gasteiger partial charge in [0.15, 0.2) is 0 Å². The molecule has 0 saturated carbocycles. The minimum Gasteiger partial charge on any atom is -0.374 e. The number of aryl methyl sites for hydroxylation is 2. The molecule has 0 saturated heterocycles. The van der Waals surface area contributed by atoms with Crippen LogP contribution in [0.15, 0.2) is 24.3 Å². The van der Waals surface area contributed by atoms with E-state index < -0.39 is 0 Å². The Balaban J connectivity index is 1.96. The quantitative estimate of drug-likeness (QED) is 0.896. The molecule has 2 rings (SSSR count). The van der Waals surface area contributed by atoms with Crippen LogP contribution >= 0.6 is 22.9 Å². The van der Waals surface area contributed by atoms with Crippen molar-refractivity contribution in [2.24, 2.45) is 0 Å². The summed E-state index contributed by atoms with van der Waals surface area (Å²) >= 11 is 7.23. The minimum atomic E-state index is 0.529. The van der Waals surface area contributed by atoms with Crippen LogP contribution < -0.4 is 5.73 Å². The van der Waals surface area contributed by atoms with E-state index in [0.29, 0.717) is 5.13 Å². The third-order valence-electron chi connectivity index (χ3n) is 2.02. The number of anilines is 1. The first-order valence-corrected chi connectivity index (χ1v) is 5.76. The fourth-order valence-electron chi connectivity index (χ4n) is 1.27. The largest absolute Gasteiger partial charge is 0.374 e. The van der Waals surface area contributed by atoms with Gasteiger partial charge >= 0.3 is 0 Å². The van der Waals surface area contributed by atoms with Crippen molar-refractivity contribution in [3.05, 3.63) is 39.9 Å². The van der Waals surface area contributed by atoms with Crippen LogP contribution in [0.4, 0.5) is 5.13 Å². The van der Waals surface area contributed by atoms with E-state index in [4.69, 9.17) is 17.3 Å². The second-order valence-corrected chi connectivity index (χ2v) is 4.69. The molecule has 0 atom stereocenters. The second kappa shape index (κ2) is 4.59. The van der Waals surface area contributed by atoms with E-state index in [2.05, 4.69) is 10.2 Å². The van der Waals surface area contributed by atoms with E-state index in [1.165, 1.54) is 16.9 Å². The van der Waals surface area contributed by atoms with Crippen LogP contribution in [-0.2, 0) is 12.8 Å². The molecule has 0 aliphatic rings. The Bertz CT molecular complexity index is 438. The summed E-state index contributed by atoms with van der Waals surface area (Å²) in [6.07, 6.45) is 1.81. The molecular weight excluding hydrogens is 230 g/mol. The highest BCUT2D eigenvalue weighted by atomic mass is 35.5. The summed E-state index contributed by atoms with van der Waals surface area (Å²) in [4.78, 5) is 0. The first kappa shape index (κ1) is 10.4. The molecular formula is C10H10ClN3S. The van der Waals surface area contributed by atoms with Crippen LogP contribution in [0.2, 0.25) is 5.02 Å². The van der Waals surface area contributed by atoms with Crippen molar-refractivity contribution in [3.8, 4) is 0 Å². The number of hydrogen-bond donors (Lipinski definition) is 1. The SMILES string of the molecule is Nc1nnc(CCc2ccc(Cl)cc2)s1. The number of nitrogen functional groups attached to an aromatic ring is 1. The van der Waals surface area contributed by atoms with Gasteiger partial charge in [0.05, 0.1) is 0 Å². The zero-order valence-corrected chi connectivity index (χ0v) is 9.55. The molecule has 0 aliphatic heterocycles. The van der Waals surface area contributed by atoms with Gasteiger partial charge in [0.1, 0.15) is 5.01 Å². The molecule has 0 spiro atoms. The Morgan fingerprint density at radius 1 is 1.13 bits per heavy atom. The zero-order chi connectivity index (χ0) is 10.7. The van der Waals surface area contributed by atoms with Crippen LogP contribution in [0.25, 0.3) is 0 Å². The highest BCUT2D eigenvalue weighted by Crippen LogP contribution is 2.15. The third-order valence-corrected chi connectivity index (χ3v) is 3.09. The van der Waals surface area contributed by atoms with Gasteiger partial charge in [-0.25, -0.2) is 0 Å². The third kappa shape index (κ3) is 2.91. The normalized spacial score (nSPS) is 10.5. The zero-order valence-electron chi connectivity index (χ0n) is 7.98. The summed E-state index contributed by atoms with van der Waals surface area (Å²) in [6, 6.07) is 7.83. The van der Waals surface area contributed by atoms with E-state index >= 15 is 0 Å². The molecule has 2 aromatic rings. The highest BCUT2D eigenvalue weighted by molar-refractivity contribution is 7.15. The Kier molecular flexibility index (Phi) is 3.18. The lowest BCUT2D eigenvalue weighted by molar-refractivity contribution is 0.906. The fraction of sp³-hybridized carbons (Fsp3) is 0.200. The van der Waals surface area contributed by atoms with E-state index in [0.717, 1.165) is 22.9 Å². The Hall–Kier alpha value is -1.13. The summed E-state index contributed by atoms with van der Waals surface area (Å²) in [7, 11) is 0. The van der Waals surface area contributed by atoms with Gasteiger partial charge in [-0.3, -0.25) is 0 Å². The summed E-state index contributed by atoms with van der Waals surface area (Å²) in [5.74, 6) is 0. The molecule has 78 valence electrons. The monoisotopic (exact) mass is 239 g/mol. The molecule has 2 N–H and O–H groups in total. The standard InChI is InChI=1S/C10H10ClN3S/c11-8-4-1-7(2-5-8)3-6-9-13-14-10(12)15-9/h1-2,4-5H,3,6H2,(H2,12,14). The van der Waals surface area contributed by atoms with Gasteiger partial charge in [-0.2, -0.15) is 0 Å². The molecule has 0 amide bonds. The Morgan fingerprint density at radius 2 is 1.87 bits per heavy atom. The minimum absolute atomic E-state index is 0.529. The molecule has 1 aromatic carbocycles. The van der Waals surface area contributed by atoms with Gasteiger partial charge in [0, 0.05) is 11.4 Å². The van der Waals surface area contributed by atoms with Crippen molar-refractivity contribution in [2.75, 3.05) is 5.73 Å². The molecule has 1 heterocycles. The molecule has 0 aliphatic carbocycles. The number of nitrogens with zero attached hydrogens (tertiary/aromatic N) is 2. The average molecular weight is 240 g/mol. The van der Waals surface area contributed by atoms with Crippen LogP contribution in [0.5, 0.6) is 0 Å². The predicted octanol–water partition coefficient (Wildman–Crippen LogP) is 2.56. The van der Waals surface area contributed by atoms with E-state index in [1.54, 1.807) is 0 Å². The second-order valence-electron chi connectivity index (χ2n) is 3.16. The summed E-state index contributed by atoms with van der Waals surface area (Å²) in [5.41, 5.74) is 6.74. The topological polar surface area (TPSA) is 51.8 Å². The molecule has 5 heteroatoms. The van der Waals surface area contributed by atoms with Crippen molar-refractivity contribution in [1.82, 2.24) is 10.2 Å². The Morgan fingerprint density at radius 3 is 2.47 bits per heavy atom. The maximum Gasteiger partial charge on any atom is 0.203 e. The van der Waals surface area contributed by atoms with Crippen molar-refractivity contribution < 1.29 is 0 Å². The summed E-state index contributed by atoms with van der Waals surface area (Å²) in [5, 5.41) is 10.0. The van der Waals surface area contributed by atoms with E-state index in [1.807, 2.05) is 24.3 Å². The van der Waals surface area contributed by atoms with Crippen LogP contribution in [0, 0.1) is 0 Å². The highest BCUT2D eigenvalue weighted by Gasteiger charge is 2.01. The molecule has 0 bridgehead atoms. The van der Waals surface area contributed by atoms with Crippen molar-refractivity contribution >= 4 is 28.1 Å². The average Bonchev–Trinajstić information content (AvgIpc) is 2.64. The molecule has 15 heavy (non-hydrogen) atoms. The van der Waals surface area contributed by atoms with Crippen molar-refractivity contribution in [2.45, 2.75) is 12.8 Å². The van der Waals surface area contributed by atoms with E-state index in [-0.39, 0.29) is 0 Å². The smallest absolute Gasteiger partial charge is 0.203 e. The van der Waals surface area contributed by atoms with Gasteiger partial charge in [-0.1, -0.05) is 35.1 Å². The van der Waals surface area contributed by atoms with Crippen LogP contribution in [0.3, 0.4) is 0 Å². The number of benzene rings is 1. The number of hydrogen-bond acceptors (Lipinski definition) is 4. The Labute approximate surface area is 96.9 Å². The lowest BCUT2D eigenvalue weighted by Gasteiger charge is -1.98. The lowest BCUT2D eigenvalue weighted by Crippen LogP contribution is -1.90. The number of nitrogens with two attached hydrogens (primary N) is 1. The number of rotatable bonds is 3. The van der Waals surface area contributed by atoms with Crippen LogP contribution in [0.1, 0.15) is 10.6 Å². The molecule has 0 unspecified atom stereocenters. The van der Waals surface area contributed by atoms with E-state index in [9.17, 15) is 0 Å². The van der Waals surface area contributed by atoms with Gasteiger partial charge in [0.25, 0.3) is 0 Å². The summed E-state index contributed by atoms with van der Waals surface area (Å²) in [6.45, 7) is 0. The van der Waals surface area contributed by atoms with Crippen molar-refractivity contribution in [1.29, 1.82) is 0 Å². The molecule has 0 fully saturated rings. The van der Waals surface area contributed by atoms with Crippen LogP contribution in [-0.4, -0.2) is 10.2 Å². The number of halogens is 1. The first-order chi connectivity index (χ1) is 7.24. The first-order valence-electron chi connectivity index (χ1n) is 4.56. The van der Waals surface area contributed by atoms with Gasteiger partial charge in [-0.15, -0.1) is 10.2 Å². The maximum atomic E-state index is 5.80. The number of aromatic nitrogens is 2. The van der Waals surface area contributed by atoms with Gasteiger partial charge in [-0.05, 0) is 24.1 Å². The predicted molar refractivity (Wildman–Crippen MR) is 63.2 cm³/mol.